The lowest BCUT2D eigenvalue weighted by atomic mass is 9.48. The van der Waals surface area contributed by atoms with Crippen LogP contribution in [0.1, 0.15) is 49.7 Å². The van der Waals surface area contributed by atoms with E-state index >= 15 is 0 Å². The number of non-ortho nitro benzene ring substituents is 1. The lowest BCUT2D eigenvalue weighted by Crippen LogP contribution is -2.48. The van der Waals surface area contributed by atoms with Crippen LogP contribution in [-0.2, 0) is 5.41 Å². The molecule has 0 saturated heterocycles. The van der Waals surface area contributed by atoms with E-state index in [4.69, 9.17) is 0 Å². The first-order valence-electron chi connectivity index (χ1n) is 10.2. The first-order valence-corrected chi connectivity index (χ1v) is 11.0. The van der Waals surface area contributed by atoms with Crippen LogP contribution in [0.2, 0.25) is 0 Å². The second-order valence-corrected chi connectivity index (χ2v) is 9.98. The molecule has 29 heavy (non-hydrogen) atoms. The van der Waals surface area contributed by atoms with Crippen LogP contribution in [0.5, 0.6) is 5.75 Å². The van der Waals surface area contributed by atoms with E-state index in [1.165, 1.54) is 62.4 Å². The van der Waals surface area contributed by atoms with E-state index < -0.39 is 4.92 Å². The number of rotatable bonds is 4. The third-order valence-corrected chi connectivity index (χ3v) is 7.76. The molecule has 5 nitrogen and oxygen atoms in total. The Hall–Kier alpha value is -2.21. The zero-order chi connectivity index (χ0) is 20.2. The van der Waals surface area contributed by atoms with E-state index in [1.807, 2.05) is 12.1 Å². The fourth-order valence-corrected chi connectivity index (χ4v) is 6.78. The second kappa shape index (κ2) is 6.94. The van der Waals surface area contributed by atoms with Gasteiger partial charge in [-0.2, -0.15) is 0 Å². The van der Waals surface area contributed by atoms with E-state index in [1.54, 1.807) is 0 Å². The molecular weight excluding hydrogens is 432 g/mol. The summed E-state index contributed by atoms with van der Waals surface area (Å²) in [6.45, 7) is 0. The quantitative estimate of drug-likeness (QED) is 0.335. The molecule has 6 rings (SSSR count). The van der Waals surface area contributed by atoms with Crippen LogP contribution in [0.4, 0.5) is 11.4 Å². The summed E-state index contributed by atoms with van der Waals surface area (Å²) in [6, 6.07) is 11.1. The van der Waals surface area contributed by atoms with Crippen LogP contribution in [0, 0.1) is 27.9 Å². The molecule has 0 atom stereocenters. The van der Waals surface area contributed by atoms with Gasteiger partial charge in [0.15, 0.2) is 0 Å². The molecule has 2 aromatic carbocycles. The van der Waals surface area contributed by atoms with Gasteiger partial charge in [0.25, 0.3) is 5.69 Å². The lowest BCUT2D eigenvalue weighted by molar-refractivity contribution is -0.385. The fraction of sp³-hybridized carbons (Fsp3) is 0.435. The molecule has 150 valence electrons. The average molecular weight is 455 g/mol. The number of halogens is 1. The number of hydrogen-bond donors (Lipinski definition) is 1. The van der Waals surface area contributed by atoms with E-state index in [0.717, 1.165) is 23.4 Å². The van der Waals surface area contributed by atoms with Crippen molar-refractivity contribution in [2.24, 2.45) is 22.7 Å². The summed E-state index contributed by atoms with van der Waals surface area (Å²) in [6.07, 6.45) is 9.77. The summed E-state index contributed by atoms with van der Waals surface area (Å²) in [5.74, 6) is 2.68. The molecule has 4 aliphatic rings. The Morgan fingerprint density at radius 3 is 2.21 bits per heavy atom. The number of phenols is 1. The summed E-state index contributed by atoms with van der Waals surface area (Å²) in [7, 11) is 0. The van der Waals surface area contributed by atoms with Crippen molar-refractivity contribution in [3.05, 3.63) is 62.1 Å². The van der Waals surface area contributed by atoms with Crippen LogP contribution in [0.15, 0.2) is 45.9 Å². The highest BCUT2D eigenvalue weighted by Gasteiger charge is 2.51. The van der Waals surface area contributed by atoms with Gasteiger partial charge in [0.1, 0.15) is 5.75 Å². The highest BCUT2D eigenvalue weighted by Crippen LogP contribution is 2.60. The Bertz CT molecular complexity index is 965. The number of benzene rings is 2. The lowest BCUT2D eigenvalue weighted by Gasteiger charge is -2.57. The van der Waals surface area contributed by atoms with Gasteiger partial charge < -0.3 is 5.11 Å². The van der Waals surface area contributed by atoms with Gasteiger partial charge in [-0.05, 0) is 95.3 Å². The maximum absolute atomic E-state index is 11.0. The Labute approximate surface area is 178 Å². The van der Waals surface area contributed by atoms with Gasteiger partial charge >= 0.3 is 0 Å². The normalized spacial score (nSPS) is 30.2. The van der Waals surface area contributed by atoms with Gasteiger partial charge in [-0.25, -0.2) is 0 Å². The molecule has 0 aromatic heterocycles. The largest absolute Gasteiger partial charge is 0.506 e. The Kier molecular flexibility index (Phi) is 4.50. The van der Waals surface area contributed by atoms with Gasteiger partial charge in [0.2, 0.25) is 0 Å². The van der Waals surface area contributed by atoms with E-state index in [9.17, 15) is 15.2 Å². The molecule has 4 bridgehead atoms. The van der Waals surface area contributed by atoms with Crippen molar-refractivity contribution in [3.63, 3.8) is 0 Å². The minimum Gasteiger partial charge on any atom is -0.506 e. The van der Waals surface area contributed by atoms with Crippen LogP contribution < -0.4 is 0 Å². The maximum atomic E-state index is 11.0. The first kappa shape index (κ1) is 18.8. The number of hydrogen-bond acceptors (Lipinski definition) is 4. The molecule has 0 spiro atoms. The Balaban J connectivity index is 1.39. The van der Waals surface area contributed by atoms with Crippen LogP contribution in [-0.4, -0.2) is 16.2 Å². The first-order chi connectivity index (χ1) is 13.9. The number of phenolic OH excluding ortho intramolecular Hbond substituents is 1. The molecule has 0 heterocycles. The predicted molar refractivity (Wildman–Crippen MR) is 116 cm³/mol. The number of aromatic hydroxyl groups is 1. The number of nitro groups is 1. The molecule has 0 aliphatic heterocycles. The molecule has 0 amide bonds. The molecule has 4 aliphatic carbocycles. The zero-order valence-corrected chi connectivity index (χ0v) is 17.6. The zero-order valence-electron chi connectivity index (χ0n) is 16.1. The fourth-order valence-electron chi connectivity index (χ4n) is 6.32. The molecule has 4 fully saturated rings. The smallest absolute Gasteiger partial charge is 0.271 e. The minimum atomic E-state index is -0.484. The monoisotopic (exact) mass is 454 g/mol. The van der Waals surface area contributed by atoms with Crippen molar-refractivity contribution >= 4 is 33.5 Å². The highest BCUT2D eigenvalue weighted by molar-refractivity contribution is 9.10. The maximum Gasteiger partial charge on any atom is 0.271 e. The molecule has 2 aromatic rings. The molecule has 0 unspecified atom stereocenters. The van der Waals surface area contributed by atoms with Crippen LogP contribution >= 0.6 is 15.9 Å². The second-order valence-electron chi connectivity index (χ2n) is 9.13. The van der Waals surface area contributed by atoms with Crippen molar-refractivity contribution in [1.29, 1.82) is 0 Å². The predicted octanol–water partition coefficient (Wildman–Crippen LogP) is 6.28. The number of nitrogens with zero attached hydrogens (tertiary/aromatic N) is 2. The van der Waals surface area contributed by atoms with Crippen molar-refractivity contribution in [2.75, 3.05) is 0 Å². The SMILES string of the molecule is O=[N+]([O-])c1cc(Br)c(O)c(C=Nc2ccc(C34CC5CC(CC(C5)C3)C4)cc2)c1. The Morgan fingerprint density at radius 1 is 1.07 bits per heavy atom. The minimum absolute atomic E-state index is 0.0514. The van der Waals surface area contributed by atoms with Crippen molar-refractivity contribution in [3.8, 4) is 5.75 Å². The van der Waals surface area contributed by atoms with Crippen molar-refractivity contribution in [1.82, 2.24) is 0 Å². The summed E-state index contributed by atoms with van der Waals surface area (Å²) in [5.41, 5.74) is 2.81. The molecule has 0 radical (unpaired) electrons. The number of aliphatic imine (C=N–C) groups is 1. The Morgan fingerprint density at radius 2 is 1.66 bits per heavy atom. The number of nitro benzene ring substituents is 1. The molecule has 4 saturated carbocycles. The summed E-state index contributed by atoms with van der Waals surface area (Å²) < 4.78 is 0.283. The van der Waals surface area contributed by atoms with Crippen molar-refractivity contribution in [2.45, 2.75) is 43.9 Å². The van der Waals surface area contributed by atoms with Crippen molar-refractivity contribution < 1.29 is 10.0 Å². The third kappa shape index (κ3) is 3.37. The van der Waals surface area contributed by atoms with Gasteiger partial charge in [-0.3, -0.25) is 15.1 Å². The average Bonchev–Trinajstić information content (AvgIpc) is 2.68. The highest BCUT2D eigenvalue weighted by atomic mass is 79.9. The van der Waals surface area contributed by atoms with Gasteiger partial charge in [0.05, 0.1) is 15.1 Å². The van der Waals surface area contributed by atoms with E-state index in [-0.39, 0.29) is 15.9 Å². The summed E-state index contributed by atoms with van der Waals surface area (Å²) in [5, 5.41) is 21.2. The van der Waals surface area contributed by atoms with E-state index in [2.05, 4.69) is 33.1 Å². The molecule has 1 N–H and O–H groups in total. The topological polar surface area (TPSA) is 75.7 Å². The van der Waals surface area contributed by atoms with E-state index in [0.29, 0.717) is 11.0 Å². The van der Waals surface area contributed by atoms with Crippen LogP contribution in [0.25, 0.3) is 0 Å². The summed E-state index contributed by atoms with van der Waals surface area (Å²) >= 11 is 3.16. The molecule has 6 heteroatoms. The van der Waals surface area contributed by atoms with Gasteiger partial charge in [-0.15, -0.1) is 0 Å². The standard InChI is InChI=1S/C23H23BrN2O3/c24-21-9-20(26(28)29)8-17(22(21)27)13-25-19-3-1-18(2-4-19)23-10-14-5-15(11-23)7-16(6-14)12-23/h1-4,8-9,13-16,27H,5-7,10-12H2. The third-order valence-electron chi connectivity index (χ3n) is 7.16. The van der Waals surface area contributed by atoms with Crippen LogP contribution in [0.3, 0.4) is 0 Å². The van der Waals surface area contributed by atoms with Gasteiger partial charge in [0, 0.05) is 23.9 Å². The van der Waals surface area contributed by atoms with Gasteiger partial charge in [-0.1, -0.05) is 12.1 Å². The molecular formula is C23H23BrN2O3. The summed E-state index contributed by atoms with van der Waals surface area (Å²) in [4.78, 5) is 15.0.